The van der Waals surface area contributed by atoms with E-state index in [1.165, 1.54) is 0 Å². The van der Waals surface area contributed by atoms with Gasteiger partial charge in [0.15, 0.2) is 0 Å². The first kappa shape index (κ1) is 7.83. The second-order valence-electron chi connectivity index (χ2n) is 2.66. The Bertz CT molecular complexity index is 408. The summed E-state index contributed by atoms with van der Waals surface area (Å²) in [5.74, 6) is 0. The summed E-state index contributed by atoms with van der Waals surface area (Å²) in [7, 11) is 0. The van der Waals surface area contributed by atoms with E-state index in [-0.39, 0.29) is 6.61 Å². The molecule has 0 aliphatic rings. The quantitative estimate of drug-likeness (QED) is 0.769. The highest BCUT2D eigenvalue weighted by atomic mass is 79.9. The fourth-order valence-electron chi connectivity index (χ4n) is 1.30. The van der Waals surface area contributed by atoms with Gasteiger partial charge in [-0.3, -0.25) is 0 Å². The van der Waals surface area contributed by atoms with Crippen molar-refractivity contribution < 1.29 is 5.11 Å². The van der Waals surface area contributed by atoms with Crippen molar-refractivity contribution in [1.29, 1.82) is 0 Å². The number of nitrogens with one attached hydrogen (secondary N) is 1. The molecule has 12 heavy (non-hydrogen) atoms. The van der Waals surface area contributed by atoms with Crippen molar-refractivity contribution in [2.24, 2.45) is 0 Å². The summed E-state index contributed by atoms with van der Waals surface area (Å²) < 4.78 is 1.05. The first-order valence-electron chi connectivity index (χ1n) is 3.67. The molecule has 0 fully saturated rings. The van der Waals surface area contributed by atoms with Gasteiger partial charge in [-0.15, -0.1) is 0 Å². The molecule has 0 atom stereocenters. The molecule has 0 radical (unpaired) electrons. The van der Waals surface area contributed by atoms with Crippen LogP contribution in [0.5, 0.6) is 0 Å². The van der Waals surface area contributed by atoms with Crippen molar-refractivity contribution >= 4 is 26.7 Å². The normalized spacial score (nSPS) is 10.8. The van der Waals surface area contributed by atoms with Gasteiger partial charge in [0.2, 0.25) is 0 Å². The minimum Gasteiger partial charge on any atom is -0.390 e. The molecule has 1 aromatic carbocycles. The number of rotatable bonds is 1. The number of aliphatic hydroxyl groups excluding tert-OH is 1. The van der Waals surface area contributed by atoms with Gasteiger partial charge in [0.05, 0.1) is 6.61 Å². The molecule has 62 valence electrons. The number of hydrogen-bond acceptors (Lipinski definition) is 1. The second kappa shape index (κ2) is 2.92. The summed E-state index contributed by atoms with van der Waals surface area (Å²) in [6, 6.07) is 5.97. The standard InChI is InChI=1S/C9H8BrNO/c10-7-1-2-8-6(3-7)4-11-9(8)5-12/h1-4,11-12H,5H2. The predicted molar refractivity (Wildman–Crippen MR) is 51.9 cm³/mol. The van der Waals surface area contributed by atoms with Crippen LogP contribution in [0.25, 0.3) is 10.8 Å². The Balaban J connectivity index is 2.73. The highest BCUT2D eigenvalue weighted by molar-refractivity contribution is 9.10. The zero-order valence-electron chi connectivity index (χ0n) is 6.34. The van der Waals surface area contributed by atoms with Crippen LogP contribution in [0.1, 0.15) is 5.69 Å². The molecule has 2 rings (SSSR count). The third-order valence-electron chi connectivity index (χ3n) is 1.90. The van der Waals surface area contributed by atoms with Gasteiger partial charge in [-0.2, -0.15) is 0 Å². The monoisotopic (exact) mass is 225 g/mol. The van der Waals surface area contributed by atoms with Gasteiger partial charge in [0.25, 0.3) is 0 Å². The lowest BCUT2D eigenvalue weighted by molar-refractivity contribution is 0.279. The van der Waals surface area contributed by atoms with Gasteiger partial charge >= 0.3 is 0 Å². The molecule has 0 spiro atoms. The largest absolute Gasteiger partial charge is 0.390 e. The summed E-state index contributed by atoms with van der Waals surface area (Å²) in [6.45, 7) is 0.0606. The summed E-state index contributed by atoms with van der Waals surface area (Å²) in [4.78, 5) is 3.02. The minimum atomic E-state index is 0.0606. The molecule has 2 aromatic rings. The van der Waals surface area contributed by atoms with Gasteiger partial charge < -0.3 is 10.1 Å². The van der Waals surface area contributed by atoms with Crippen LogP contribution in [0.3, 0.4) is 0 Å². The van der Waals surface area contributed by atoms with Crippen molar-refractivity contribution in [2.75, 3.05) is 0 Å². The Morgan fingerprint density at radius 1 is 1.42 bits per heavy atom. The van der Waals surface area contributed by atoms with Crippen LogP contribution in [0.15, 0.2) is 28.9 Å². The second-order valence-corrected chi connectivity index (χ2v) is 3.57. The predicted octanol–water partition coefficient (Wildman–Crippen LogP) is 2.42. The van der Waals surface area contributed by atoms with E-state index < -0.39 is 0 Å². The Hall–Kier alpha value is -0.800. The SMILES string of the molecule is OCc1[nH]cc2cc(Br)ccc12. The number of hydrogen-bond donors (Lipinski definition) is 2. The molecular formula is C9H8BrNO. The Labute approximate surface area is 78.3 Å². The van der Waals surface area contributed by atoms with E-state index in [2.05, 4.69) is 20.9 Å². The molecule has 0 saturated carbocycles. The highest BCUT2D eigenvalue weighted by Crippen LogP contribution is 2.22. The first-order chi connectivity index (χ1) is 5.81. The Morgan fingerprint density at radius 2 is 2.25 bits per heavy atom. The number of H-pyrrole nitrogens is 1. The van der Waals surface area contributed by atoms with E-state index in [0.717, 1.165) is 20.9 Å². The number of aliphatic hydroxyl groups is 1. The summed E-state index contributed by atoms with van der Waals surface area (Å²) in [6.07, 6.45) is 1.89. The Morgan fingerprint density at radius 3 is 3.00 bits per heavy atom. The fraction of sp³-hybridized carbons (Fsp3) is 0.111. The van der Waals surface area contributed by atoms with Gasteiger partial charge in [-0.1, -0.05) is 22.0 Å². The number of aromatic nitrogens is 1. The number of benzene rings is 1. The molecule has 2 N–H and O–H groups in total. The van der Waals surface area contributed by atoms with Crippen molar-refractivity contribution in [3.05, 3.63) is 34.6 Å². The van der Waals surface area contributed by atoms with E-state index in [1.807, 2.05) is 24.4 Å². The maximum Gasteiger partial charge on any atom is 0.0837 e. The third-order valence-corrected chi connectivity index (χ3v) is 2.39. The van der Waals surface area contributed by atoms with Gasteiger partial charge in [-0.05, 0) is 12.1 Å². The van der Waals surface area contributed by atoms with Crippen LogP contribution < -0.4 is 0 Å². The lowest BCUT2D eigenvalue weighted by Crippen LogP contribution is -1.81. The summed E-state index contributed by atoms with van der Waals surface area (Å²) in [5, 5.41) is 11.2. The summed E-state index contributed by atoms with van der Waals surface area (Å²) >= 11 is 3.39. The van der Waals surface area contributed by atoms with Crippen LogP contribution in [-0.2, 0) is 6.61 Å². The fourth-order valence-corrected chi connectivity index (χ4v) is 1.68. The van der Waals surface area contributed by atoms with Gasteiger partial charge in [0.1, 0.15) is 0 Å². The molecule has 0 aliphatic carbocycles. The summed E-state index contributed by atoms with van der Waals surface area (Å²) in [5.41, 5.74) is 0.873. The van der Waals surface area contributed by atoms with Crippen LogP contribution >= 0.6 is 15.9 Å². The van der Waals surface area contributed by atoms with E-state index in [1.54, 1.807) is 0 Å². The average Bonchev–Trinajstić information content (AvgIpc) is 2.46. The number of halogens is 1. The zero-order chi connectivity index (χ0) is 8.55. The lowest BCUT2D eigenvalue weighted by atomic mass is 10.2. The molecular weight excluding hydrogens is 218 g/mol. The van der Waals surface area contributed by atoms with Gasteiger partial charge in [-0.25, -0.2) is 0 Å². The van der Waals surface area contributed by atoms with Crippen molar-refractivity contribution in [2.45, 2.75) is 6.61 Å². The molecule has 0 saturated heterocycles. The average molecular weight is 226 g/mol. The third kappa shape index (κ3) is 1.15. The molecule has 0 unspecified atom stereocenters. The first-order valence-corrected chi connectivity index (χ1v) is 4.47. The van der Waals surface area contributed by atoms with E-state index in [0.29, 0.717) is 0 Å². The maximum atomic E-state index is 8.95. The molecule has 2 nitrogen and oxygen atoms in total. The smallest absolute Gasteiger partial charge is 0.0837 e. The lowest BCUT2D eigenvalue weighted by Gasteiger charge is -1.93. The minimum absolute atomic E-state index is 0.0606. The topological polar surface area (TPSA) is 36.0 Å². The van der Waals surface area contributed by atoms with Crippen LogP contribution in [-0.4, -0.2) is 10.1 Å². The van der Waals surface area contributed by atoms with Crippen LogP contribution in [0.2, 0.25) is 0 Å². The van der Waals surface area contributed by atoms with E-state index in [4.69, 9.17) is 5.11 Å². The van der Waals surface area contributed by atoms with E-state index >= 15 is 0 Å². The molecule has 1 aromatic heterocycles. The van der Waals surface area contributed by atoms with Crippen molar-refractivity contribution in [3.8, 4) is 0 Å². The molecule has 0 aliphatic heterocycles. The molecule has 0 bridgehead atoms. The number of aromatic amines is 1. The van der Waals surface area contributed by atoms with Crippen molar-refractivity contribution in [3.63, 3.8) is 0 Å². The molecule has 0 amide bonds. The maximum absolute atomic E-state index is 8.95. The van der Waals surface area contributed by atoms with Gasteiger partial charge in [0, 0.05) is 27.1 Å². The highest BCUT2D eigenvalue weighted by Gasteiger charge is 2.01. The molecule has 1 heterocycles. The Kier molecular flexibility index (Phi) is 1.90. The van der Waals surface area contributed by atoms with Crippen LogP contribution in [0.4, 0.5) is 0 Å². The van der Waals surface area contributed by atoms with Crippen molar-refractivity contribution in [1.82, 2.24) is 4.98 Å². The van der Waals surface area contributed by atoms with Crippen LogP contribution in [0, 0.1) is 0 Å². The zero-order valence-corrected chi connectivity index (χ0v) is 7.93. The van der Waals surface area contributed by atoms with E-state index in [9.17, 15) is 0 Å². The number of fused-ring (bicyclic) bond motifs is 1. The molecule has 3 heteroatoms.